The number of hydrogen-bond acceptors (Lipinski definition) is 2. The van der Waals surface area contributed by atoms with Gasteiger partial charge in [0.1, 0.15) is 5.82 Å². The number of nitrogens with one attached hydrogen (secondary N) is 1. The summed E-state index contributed by atoms with van der Waals surface area (Å²) in [6, 6.07) is 7.56. The molecule has 0 atom stereocenters. The van der Waals surface area contributed by atoms with Crippen molar-refractivity contribution in [3.63, 3.8) is 0 Å². The van der Waals surface area contributed by atoms with E-state index in [2.05, 4.69) is 9.97 Å². The lowest BCUT2D eigenvalue weighted by molar-refractivity contribution is 0.0859. The maximum atomic E-state index is 12.3. The van der Waals surface area contributed by atoms with E-state index < -0.39 is 0 Å². The lowest BCUT2D eigenvalue weighted by Crippen LogP contribution is -2.21. The van der Waals surface area contributed by atoms with Crippen LogP contribution in [0.15, 0.2) is 36.7 Å². The molecule has 2 rings (SSSR count). The highest BCUT2D eigenvalue weighted by Gasteiger charge is 2.25. The van der Waals surface area contributed by atoms with Crippen LogP contribution in [0.25, 0.3) is 11.4 Å². The number of hydrogen-bond donors (Lipinski definition) is 1. The number of H-pyrrole nitrogens is 1. The van der Waals surface area contributed by atoms with Crippen LogP contribution in [0.1, 0.15) is 31.1 Å². The van der Waals surface area contributed by atoms with Crippen LogP contribution in [0, 0.1) is 5.41 Å². The predicted molar refractivity (Wildman–Crippen MR) is 67.8 cm³/mol. The Bertz CT molecular complexity index is 521. The van der Waals surface area contributed by atoms with Gasteiger partial charge in [-0.15, -0.1) is 0 Å². The first kappa shape index (κ1) is 11.6. The predicted octanol–water partition coefficient (Wildman–Crippen LogP) is 3.31. The lowest BCUT2D eigenvalue weighted by atomic mass is 9.84. The van der Waals surface area contributed by atoms with Crippen LogP contribution >= 0.6 is 0 Å². The van der Waals surface area contributed by atoms with Gasteiger partial charge in [0.15, 0.2) is 5.78 Å². The highest BCUT2D eigenvalue weighted by molar-refractivity contribution is 6.04. The maximum Gasteiger partial charge on any atom is 0.168 e. The van der Waals surface area contributed by atoms with Gasteiger partial charge in [0.2, 0.25) is 0 Å². The summed E-state index contributed by atoms with van der Waals surface area (Å²) < 4.78 is 0. The van der Waals surface area contributed by atoms with E-state index in [0.29, 0.717) is 0 Å². The van der Waals surface area contributed by atoms with Gasteiger partial charge < -0.3 is 4.98 Å². The SMILES string of the molecule is CC(C)(C)C(=O)c1ccccc1-c1ncc[nH]1. The van der Waals surface area contributed by atoms with E-state index in [1.54, 1.807) is 12.4 Å². The Morgan fingerprint density at radius 3 is 2.53 bits per heavy atom. The minimum Gasteiger partial charge on any atom is -0.345 e. The minimum atomic E-state index is -0.386. The van der Waals surface area contributed by atoms with Crippen LogP contribution in [0.2, 0.25) is 0 Å². The van der Waals surface area contributed by atoms with Crippen LogP contribution in [0.3, 0.4) is 0 Å². The monoisotopic (exact) mass is 228 g/mol. The lowest BCUT2D eigenvalue weighted by Gasteiger charge is -2.18. The van der Waals surface area contributed by atoms with Crippen molar-refractivity contribution < 1.29 is 4.79 Å². The average Bonchev–Trinajstić information content (AvgIpc) is 2.80. The van der Waals surface area contributed by atoms with Crippen molar-refractivity contribution in [2.75, 3.05) is 0 Å². The summed E-state index contributed by atoms with van der Waals surface area (Å²) in [5.41, 5.74) is 1.19. The number of imidazole rings is 1. The summed E-state index contributed by atoms with van der Waals surface area (Å²) in [7, 11) is 0. The third-order valence-electron chi connectivity index (χ3n) is 2.61. The average molecular weight is 228 g/mol. The second-order valence-electron chi connectivity index (χ2n) is 5.06. The zero-order chi connectivity index (χ0) is 12.5. The highest BCUT2D eigenvalue weighted by Crippen LogP contribution is 2.27. The molecule has 0 bridgehead atoms. The molecule has 17 heavy (non-hydrogen) atoms. The van der Waals surface area contributed by atoms with E-state index in [4.69, 9.17) is 0 Å². The summed E-state index contributed by atoms with van der Waals surface area (Å²) in [6.45, 7) is 5.77. The Labute approximate surface area is 101 Å². The second kappa shape index (κ2) is 4.17. The van der Waals surface area contributed by atoms with Crippen LogP contribution in [-0.4, -0.2) is 15.8 Å². The van der Waals surface area contributed by atoms with E-state index in [9.17, 15) is 4.79 Å². The summed E-state index contributed by atoms with van der Waals surface area (Å²) in [6.07, 6.45) is 3.45. The molecule has 0 aliphatic heterocycles. The fourth-order valence-electron chi connectivity index (χ4n) is 1.70. The van der Waals surface area contributed by atoms with Crippen LogP contribution in [-0.2, 0) is 0 Å². The molecular formula is C14H16N2O. The number of nitrogens with zero attached hydrogens (tertiary/aromatic N) is 1. The number of carbonyl (C=O) groups excluding carboxylic acids is 1. The number of benzene rings is 1. The zero-order valence-electron chi connectivity index (χ0n) is 10.3. The van der Waals surface area contributed by atoms with E-state index in [0.717, 1.165) is 17.0 Å². The molecule has 1 aromatic heterocycles. The van der Waals surface area contributed by atoms with Gasteiger partial charge >= 0.3 is 0 Å². The number of carbonyl (C=O) groups is 1. The van der Waals surface area contributed by atoms with Crippen molar-refractivity contribution in [1.82, 2.24) is 9.97 Å². The smallest absolute Gasteiger partial charge is 0.168 e. The van der Waals surface area contributed by atoms with Gasteiger partial charge in [0.25, 0.3) is 0 Å². The molecule has 0 spiro atoms. The van der Waals surface area contributed by atoms with Gasteiger partial charge in [-0.2, -0.15) is 0 Å². The van der Waals surface area contributed by atoms with Gasteiger partial charge in [0.05, 0.1) is 0 Å². The van der Waals surface area contributed by atoms with Crippen molar-refractivity contribution in [2.24, 2.45) is 5.41 Å². The molecule has 0 fully saturated rings. The third kappa shape index (κ3) is 2.28. The first-order valence-corrected chi connectivity index (χ1v) is 5.64. The third-order valence-corrected chi connectivity index (χ3v) is 2.61. The molecule has 0 saturated heterocycles. The largest absolute Gasteiger partial charge is 0.345 e. The number of rotatable bonds is 2. The molecule has 3 nitrogen and oxygen atoms in total. The number of ketones is 1. The quantitative estimate of drug-likeness (QED) is 0.801. The molecule has 1 heterocycles. The first-order chi connectivity index (χ1) is 8.00. The highest BCUT2D eigenvalue weighted by atomic mass is 16.1. The summed E-state index contributed by atoms with van der Waals surface area (Å²) >= 11 is 0. The number of aromatic nitrogens is 2. The molecule has 0 radical (unpaired) electrons. The van der Waals surface area contributed by atoms with Crippen molar-refractivity contribution in [3.05, 3.63) is 42.2 Å². The normalized spacial score (nSPS) is 11.5. The van der Waals surface area contributed by atoms with Gasteiger partial charge in [0, 0.05) is 28.9 Å². The number of Topliss-reactive ketones (excluding diaryl/α,β-unsaturated/α-hetero) is 1. The summed E-state index contributed by atoms with van der Waals surface area (Å²) in [5.74, 6) is 0.864. The molecule has 0 aliphatic carbocycles. The Morgan fingerprint density at radius 2 is 1.94 bits per heavy atom. The first-order valence-electron chi connectivity index (χ1n) is 5.64. The summed E-state index contributed by atoms with van der Waals surface area (Å²) in [4.78, 5) is 19.6. The standard InChI is InChI=1S/C14H16N2O/c1-14(2,3)12(17)10-6-4-5-7-11(10)13-15-8-9-16-13/h4-9H,1-3H3,(H,15,16). The minimum absolute atomic E-state index is 0.129. The maximum absolute atomic E-state index is 12.3. The molecule has 3 heteroatoms. The van der Waals surface area contributed by atoms with Crippen molar-refractivity contribution in [1.29, 1.82) is 0 Å². The topological polar surface area (TPSA) is 45.8 Å². The molecule has 0 aliphatic rings. The molecule has 1 aromatic carbocycles. The zero-order valence-corrected chi connectivity index (χ0v) is 10.3. The Hall–Kier alpha value is -1.90. The van der Waals surface area contributed by atoms with Crippen molar-refractivity contribution in [2.45, 2.75) is 20.8 Å². The molecule has 0 amide bonds. The molecule has 88 valence electrons. The molecule has 0 saturated carbocycles. The van der Waals surface area contributed by atoms with Gasteiger partial charge in [-0.25, -0.2) is 4.98 Å². The van der Waals surface area contributed by atoms with Crippen molar-refractivity contribution >= 4 is 5.78 Å². The van der Waals surface area contributed by atoms with E-state index in [1.807, 2.05) is 45.0 Å². The fraction of sp³-hybridized carbons (Fsp3) is 0.286. The number of aromatic amines is 1. The molecule has 1 N–H and O–H groups in total. The van der Waals surface area contributed by atoms with Gasteiger partial charge in [-0.3, -0.25) is 4.79 Å². The molecule has 2 aromatic rings. The van der Waals surface area contributed by atoms with Gasteiger partial charge in [-0.05, 0) is 0 Å². The molecule has 0 unspecified atom stereocenters. The Morgan fingerprint density at radius 1 is 1.24 bits per heavy atom. The van der Waals surface area contributed by atoms with Crippen LogP contribution < -0.4 is 0 Å². The van der Waals surface area contributed by atoms with Crippen LogP contribution in [0.5, 0.6) is 0 Å². The Balaban J connectivity index is 2.53. The van der Waals surface area contributed by atoms with Crippen LogP contribution in [0.4, 0.5) is 0 Å². The Kier molecular flexibility index (Phi) is 2.84. The van der Waals surface area contributed by atoms with E-state index >= 15 is 0 Å². The van der Waals surface area contributed by atoms with Gasteiger partial charge in [-0.1, -0.05) is 45.0 Å². The fourth-order valence-corrected chi connectivity index (χ4v) is 1.70. The second-order valence-corrected chi connectivity index (χ2v) is 5.06. The summed E-state index contributed by atoms with van der Waals surface area (Å²) in [5, 5.41) is 0. The van der Waals surface area contributed by atoms with E-state index in [1.165, 1.54) is 0 Å². The van der Waals surface area contributed by atoms with Crippen molar-refractivity contribution in [3.8, 4) is 11.4 Å². The van der Waals surface area contributed by atoms with E-state index in [-0.39, 0.29) is 11.2 Å². The molecular weight excluding hydrogens is 212 g/mol.